The van der Waals surface area contributed by atoms with Crippen molar-refractivity contribution in [3.05, 3.63) is 59.1 Å². The molecule has 0 aliphatic carbocycles. The van der Waals surface area contributed by atoms with E-state index in [1.165, 1.54) is 31.2 Å². The number of sulfonamides is 1. The van der Waals surface area contributed by atoms with Crippen LogP contribution in [0.3, 0.4) is 0 Å². The molecule has 1 heterocycles. The third kappa shape index (κ3) is 5.35. The Hall–Kier alpha value is -2.42. The summed E-state index contributed by atoms with van der Waals surface area (Å²) >= 11 is 5.77. The summed E-state index contributed by atoms with van der Waals surface area (Å²) in [7, 11) is -3.83. The average molecular weight is 436 g/mol. The van der Waals surface area contributed by atoms with Crippen molar-refractivity contribution >= 4 is 39.1 Å². The van der Waals surface area contributed by atoms with Crippen molar-refractivity contribution in [3.63, 3.8) is 0 Å². The molecule has 1 atom stereocenters. The first-order chi connectivity index (χ1) is 13.8. The van der Waals surface area contributed by atoms with E-state index in [4.69, 9.17) is 11.6 Å². The van der Waals surface area contributed by atoms with E-state index in [1.54, 1.807) is 4.90 Å². The highest BCUT2D eigenvalue weighted by Crippen LogP contribution is 2.21. The minimum Gasteiger partial charge on any atom is -0.351 e. The van der Waals surface area contributed by atoms with E-state index >= 15 is 0 Å². The van der Waals surface area contributed by atoms with Gasteiger partial charge in [0.2, 0.25) is 21.8 Å². The number of benzene rings is 2. The second-order valence-corrected chi connectivity index (χ2v) is 8.98. The molecule has 0 radical (unpaired) electrons. The first kappa shape index (κ1) is 21.3. The molecule has 0 saturated carbocycles. The van der Waals surface area contributed by atoms with Crippen molar-refractivity contribution in [2.75, 3.05) is 11.4 Å². The Morgan fingerprint density at radius 1 is 1.14 bits per heavy atom. The number of nitrogens with one attached hydrogen (secondary N) is 2. The molecule has 3 rings (SSSR count). The summed E-state index contributed by atoms with van der Waals surface area (Å²) in [5, 5.41) is 3.14. The molecule has 7 nitrogen and oxygen atoms in total. The summed E-state index contributed by atoms with van der Waals surface area (Å²) in [6, 6.07) is 12.1. The Morgan fingerprint density at radius 3 is 2.38 bits per heavy atom. The maximum Gasteiger partial charge on any atom is 0.241 e. The molecule has 1 saturated heterocycles. The molecular formula is C20H22ClN3O4S. The van der Waals surface area contributed by atoms with E-state index < -0.39 is 22.0 Å². The quantitative estimate of drug-likeness (QED) is 0.698. The highest BCUT2D eigenvalue weighted by atomic mass is 35.5. The van der Waals surface area contributed by atoms with Crippen LogP contribution in [0.15, 0.2) is 53.4 Å². The summed E-state index contributed by atoms with van der Waals surface area (Å²) in [5.41, 5.74) is 1.69. The van der Waals surface area contributed by atoms with E-state index in [-0.39, 0.29) is 17.3 Å². The summed E-state index contributed by atoms with van der Waals surface area (Å²) in [6.45, 7) is 2.45. The highest BCUT2D eigenvalue weighted by Gasteiger charge is 2.23. The Kier molecular flexibility index (Phi) is 6.56. The fourth-order valence-electron chi connectivity index (χ4n) is 3.03. The van der Waals surface area contributed by atoms with E-state index in [1.807, 2.05) is 24.3 Å². The van der Waals surface area contributed by atoms with Gasteiger partial charge in [-0.05, 0) is 55.3 Å². The number of halogens is 1. The summed E-state index contributed by atoms with van der Waals surface area (Å²) in [6.07, 6.45) is 1.43. The third-order valence-electron chi connectivity index (χ3n) is 4.64. The lowest BCUT2D eigenvalue weighted by Crippen LogP contribution is -2.44. The summed E-state index contributed by atoms with van der Waals surface area (Å²) in [5.74, 6) is -0.325. The molecule has 2 N–H and O–H groups in total. The number of hydrogen-bond donors (Lipinski definition) is 2. The predicted octanol–water partition coefficient (Wildman–Crippen LogP) is 2.45. The average Bonchev–Trinajstić information content (AvgIpc) is 3.12. The maximum atomic E-state index is 12.4. The second kappa shape index (κ2) is 8.94. The van der Waals surface area contributed by atoms with Gasteiger partial charge in [-0.25, -0.2) is 8.42 Å². The predicted molar refractivity (Wildman–Crippen MR) is 111 cm³/mol. The normalized spacial score (nSPS) is 15.4. The number of carbonyl (C=O) groups excluding carboxylic acids is 2. The van der Waals surface area contributed by atoms with Gasteiger partial charge in [-0.1, -0.05) is 23.7 Å². The van der Waals surface area contributed by atoms with Crippen LogP contribution in [0.25, 0.3) is 0 Å². The van der Waals surface area contributed by atoms with Gasteiger partial charge in [-0.3, -0.25) is 9.59 Å². The van der Waals surface area contributed by atoms with Gasteiger partial charge in [0.1, 0.15) is 0 Å². The first-order valence-corrected chi connectivity index (χ1v) is 11.1. The Balaban J connectivity index is 1.54. The molecule has 2 amide bonds. The maximum absolute atomic E-state index is 12.4. The summed E-state index contributed by atoms with van der Waals surface area (Å²) < 4.78 is 27.1. The van der Waals surface area contributed by atoms with Gasteiger partial charge in [0.05, 0.1) is 10.9 Å². The van der Waals surface area contributed by atoms with Crippen LogP contribution >= 0.6 is 11.6 Å². The number of anilines is 1. The Morgan fingerprint density at radius 2 is 1.79 bits per heavy atom. The lowest BCUT2D eigenvalue weighted by molar-refractivity contribution is -0.122. The number of rotatable bonds is 7. The molecule has 0 spiro atoms. The summed E-state index contributed by atoms with van der Waals surface area (Å²) in [4.78, 5) is 25.9. The number of carbonyl (C=O) groups is 2. The molecular weight excluding hydrogens is 414 g/mol. The van der Waals surface area contributed by atoms with Gasteiger partial charge >= 0.3 is 0 Å². The molecule has 154 valence electrons. The molecule has 0 bridgehead atoms. The minimum atomic E-state index is -3.83. The first-order valence-electron chi connectivity index (χ1n) is 9.21. The van der Waals surface area contributed by atoms with Gasteiger partial charge < -0.3 is 10.2 Å². The molecule has 0 aromatic heterocycles. The standard InChI is InChI=1S/C20H22ClN3O4S/c1-14(23-29(27,28)18-10-6-16(21)7-11-18)20(26)22-13-15-4-8-17(9-5-15)24-12-2-3-19(24)25/h4-11,14,23H,2-3,12-13H2,1H3,(H,22,26)/t14-/m0/s1. The number of hydrogen-bond acceptors (Lipinski definition) is 4. The lowest BCUT2D eigenvalue weighted by atomic mass is 10.2. The van der Waals surface area contributed by atoms with Crippen molar-refractivity contribution in [2.24, 2.45) is 0 Å². The molecule has 2 aromatic carbocycles. The zero-order chi connectivity index (χ0) is 21.0. The highest BCUT2D eigenvalue weighted by molar-refractivity contribution is 7.89. The van der Waals surface area contributed by atoms with Crippen LogP contribution in [0.1, 0.15) is 25.3 Å². The molecule has 9 heteroatoms. The lowest BCUT2D eigenvalue weighted by Gasteiger charge is -2.17. The van der Waals surface area contributed by atoms with E-state index in [9.17, 15) is 18.0 Å². The van der Waals surface area contributed by atoms with Crippen molar-refractivity contribution in [1.29, 1.82) is 0 Å². The largest absolute Gasteiger partial charge is 0.351 e. The minimum absolute atomic E-state index is 0.0357. The van der Waals surface area contributed by atoms with E-state index in [0.717, 1.165) is 24.2 Å². The van der Waals surface area contributed by atoms with Crippen LogP contribution < -0.4 is 14.9 Å². The van der Waals surface area contributed by atoms with Crippen molar-refractivity contribution in [2.45, 2.75) is 37.2 Å². The van der Waals surface area contributed by atoms with Crippen LogP contribution in [-0.2, 0) is 26.2 Å². The van der Waals surface area contributed by atoms with Crippen molar-refractivity contribution in [3.8, 4) is 0 Å². The van der Waals surface area contributed by atoms with Gasteiger partial charge in [0.15, 0.2) is 0 Å². The van der Waals surface area contributed by atoms with Crippen LogP contribution in [-0.4, -0.2) is 32.8 Å². The number of amides is 2. The van der Waals surface area contributed by atoms with Gasteiger partial charge in [-0.15, -0.1) is 0 Å². The fraction of sp³-hybridized carbons (Fsp3) is 0.300. The second-order valence-electron chi connectivity index (χ2n) is 6.83. The molecule has 1 fully saturated rings. The zero-order valence-electron chi connectivity index (χ0n) is 15.9. The van der Waals surface area contributed by atoms with Gasteiger partial charge in [0.25, 0.3) is 0 Å². The molecule has 1 aliphatic rings. The Labute approximate surface area is 175 Å². The SMILES string of the molecule is C[C@H](NS(=O)(=O)c1ccc(Cl)cc1)C(=O)NCc1ccc(N2CCCC2=O)cc1. The monoisotopic (exact) mass is 435 g/mol. The topological polar surface area (TPSA) is 95.6 Å². The van der Waals surface area contributed by atoms with Crippen molar-refractivity contribution < 1.29 is 18.0 Å². The molecule has 1 aliphatic heterocycles. The molecule has 2 aromatic rings. The third-order valence-corrected chi connectivity index (χ3v) is 6.45. The van der Waals surface area contributed by atoms with Gasteiger partial charge in [-0.2, -0.15) is 4.72 Å². The van der Waals surface area contributed by atoms with Crippen LogP contribution in [0, 0.1) is 0 Å². The van der Waals surface area contributed by atoms with E-state index in [2.05, 4.69) is 10.0 Å². The Bertz CT molecular complexity index is 991. The van der Waals surface area contributed by atoms with Crippen molar-refractivity contribution in [1.82, 2.24) is 10.0 Å². The smallest absolute Gasteiger partial charge is 0.241 e. The zero-order valence-corrected chi connectivity index (χ0v) is 17.5. The molecule has 29 heavy (non-hydrogen) atoms. The number of nitrogens with zero attached hydrogens (tertiary/aromatic N) is 1. The van der Waals surface area contributed by atoms with Crippen LogP contribution in [0.2, 0.25) is 5.02 Å². The molecule has 0 unspecified atom stereocenters. The fourth-order valence-corrected chi connectivity index (χ4v) is 4.35. The van der Waals surface area contributed by atoms with Crippen LogP contribution in [0.4, 0.5) is 5.69 Å². The van der Waals surface area contributed by atoms with Gasteiger partial charge in [0, 0.05) is 30.2 Å². The van der Waals surface area contributed by atoms with Crippen LogP contribution in [0.5, 0.6) is 0 Å². The van der Waals surface area contributed by atoms with E-state index in [0.29, 0.717) is 11.4 Å².